The fraction of sp³-hybridized carbons (Fsp3) is 0.458. The first-order valence-corrected chi connectivity index (χ1v) is 12.2. The van der Waals surface area contributed by atoms with Crippen molar-refractivity contribution in [3.63, 3.8) is 0 Å². The second-order valence-corrected chi connectivity index (χ2v) is 9.85. The largest absolute Gasteiger partial charge is 0.326 e. The molecule has 1 N–H and O–H groups in total. The highest BCUT2D eigenvalue weighted by Gasteiger charge is 2.30. The number of likely N-dealkylation sites (tertiary alicyclic amines) is 2. The molecule has 5 nitrogen and oxygen atoms in total. The van der Waals surface area contributed by atoms with E-state index in [2.05, 4.69) is 67.7 Å². The van der Waals surface area contributed by atoms with E-state index in [9.17, 15) is 4.79 Å². The summed E-state index contributed by atoms with van der Waals surface area (Å²) in [6.45, 7) is 5.61. The molecule has 3 heterocycles. The van der Waals surface area contributed by atoms with Crippen LogP contribution in [-0.2, 0) is 6.54 Å². The highest BCUT2D eigenvalue weighted by Crippen LogP contribution is 2.28. The maximum atomic E-state index is 12.5. The summed E-state index contributed by atoms with van der Waals surface area (Å²) in [5, 5.41) is 0. The van der Waals surface area contributed by atoms with Gasteiger partial charge in [0.05, 0.1) is 11.0 Å². The lowest BCUT2D eigenvalue weighted by molar-refractivity contribution is 0.0769. The number of aromatic amines is 1. The van der Waals surface area contributed by atoms with E-state index in [4.69, 9.17) is 0 Å². The molecule has 158 valence electrons. The molecule has 2 saturated heterocycles. The SMILES string of the molecule is O=c1[nH]c2ccccc2n1C1CCN(C2CCN(Cc3ccccc3I)CC2)CC1. The molecule has 2 fully saturated rings. The summed E-state index contributed by atoms with van der Waals surface area (Å²) in [7, 11) is 0. The predicted molar refractivity (Wildman–Crippen MR) is 130 cm³/mol. The van der Waals surface area contributed by atoms with Crippen LogP contribution in [0.2, 0.25) is 0 Å². The standard InChI is InChI=1S/C24H29IN4O/c25-21-6-2-1-5-18(21)17-27-13-9-19(10-14-27)28-15-11-20(12-16-28)29-23-8-4-3-7-22(23)26-24(29)30/h1-8,19-20H,9-17H2,(H,26,30). The van der Waals surface area contributed by atoms with Gasteiger partial charge in [-0.1, -0.05) is 30.3 Å². The van der Waals surface area contributed by atoms with Crippen LogP contribution in [0.4, 0.5) is 0 Å². The van der Waals surface area contributed by atoms with E-state index in [1.807, 2.05) is 22.8 Å². The summed E-state index contributed by atoms with van der Waals surface area (Å²) >= 11 is 2.45. The van der Waals surface area contributed by atoms with E-state index in [1.165, 1.54) is 35.1 Å². The van der Waals surface area contributed by atoms with Crippen LogP contribution in [0.1, 0.15) is 37.3 Å². The molecule has 0 atom stereocenters. The molecule has 2 aliphatic heterocycles. The van der Waals surface area contributed by atoms with Crippen LogP contribution >= 0.6 is 22.6 Å². The lowest BCUT2D eigenvalue weighted by atomic mass is 9.97. The first-order valence-electron chi connectivity index (χ1n) is 11.1. The molecule has 0 radical (unpaired) electrons. The number of rotatable bonds is 4. The number of hydrogen-bond acceptors (Lipinski definition) is 3. The first-order chi connectivity index (χ1) is 14.7. The molecule has 6 heteroatoms. The number of H-pyrrole nitrogens is 1. The summed E-state index contributed by atoms with van der Waals surface area (Å²) in [5.41, 5.74) is 3.48. The average molecular weight is 516 g/mol. The van der Waals surface area contributed by atoms with Crippen LogP contribution in [0.5, 0.6) is 0 Å². The Hall–Kier alpha value is -1.64. The molecule has 2 aromatic carbocycles. The van der Waals surface area contributed by atoms with Gasteiger partial charge in [-0.25, -0.2) is 4.79 Å². The van der Waals surface area contributed by atoms with E-state index in [-0.39, 0.29) is 5.69 Å². The summed E-state index contributed by atoms with van der Waals surface area (Å²) < 4.78 is 3.36. The van der Waals surface area contributed by atoms with Crippen molar-refractivity contribution in [2.45, 2.75) is 44.3 Å². The van der Waals surface area contributed by atoms with Crippen LogP contribution < -0.4 is 5.69 Å². The van der Waals surface area contributed by atoms with Gasteiger partial charge in [0.2, 0.25) is 0 Å². The number of halogens is 1. The number of nitrogens with zero attached hydrogens (tertiary/aromatic N) is 3. The number of imidazole rings is 1. The van der Waals surface area contributed by atoms with Gasteiger partial charge in [0.25, 0.3) is 0 Å². The first kappa shape index (κ1) is 20.3. The van der Waals surface area contributed by atoms with Crippen LogP contribution in [-0.4, -0.2) is 51.6 Å². The smallest absolute Gasteiger partial charge is 0.306 e. The summed E-state index contributed by atoms with van der Waals surface area (Å²) in [6.07, 6.45) is 4.62. The summed E-state index contributed by atoms with van der Waals surface area (Å²) in [6, 6.07) is 17.8. The number of hydrogen-bond donors (Lipinski definition) is 1. The van der Waals surface area contributed by atoms with Crippen molar-refractivity contribution >= 4 is 33.6 Å². The van der Waals surface area contributed by atoms with Crippen molar-refractivity contribution in [3.8, 4) is 0 Å². The Labute approximate surface area is 191 Å². The van der Waals surface area contributed by atoms with Gasteiger partial charge in [0, 0.05) is 35.3 Å². The second-order valence-electron chi connectivity index (χ2n) is 8.68. The van der Waals surface area contributed by atoms with Crippen molar-refractivity contribution in [1.82, 2.24) is 19.4 Å². The molecular formula is C24H29IN4O. The molecule has 0 bridgehead atoms. The Kier molecular flexibility index (Phi) is 5.98. The van der Waals surface area contributed by atoms with Gasteiger partial charge in [0.15, 0.2) is 0 Å². The number of piperidine rings is 2. The Bertz CT molecular complexity index is 1060. The lowest BCUT2D eigenvalue weighted by Crippen LogP contribution is -2.48. The molecule has 3 aromatic rings. The number of nitrogens with one attached hydrogen (secondary N) is 1. The molecule has 0 spiro atoms. The van der Waals surface area contributed by atoms with E-state index >= 15 is 0 Å². The van der Waals surface area contributed by atoms with E-state index in [0.29, 0.717) is 12.1 Å². The molecule has 0 saturated carbocycles. The molecule has 0 amide bonds. The molecule has 5 rings (SSSR count). The van der Waals surface area contributed by atoms with Crippen molar-refractivity contribution in [2.75, 3.05) is 26.2 Å². The predicted octanol–water partition coefficient (Wildman–Crippen LogP) is 4.24. The molecule has 30 heavy (non-hydrogen) atoms. The third-order valence-electron chi connectivity index (χ3n) is 6.91. The van der Waals surface area contributed by atoms with Gasteiger partial charge in [-0.3, -0.25) is 9.47 Å². The number of para-hydroxylation sites is 2. The Balaban J connectivity index is 1.16. The van der Waals surface area contributed by atoms with Gasteiger partial charge < -0.3 is 9.88 Å². The monoisotopic (exact) mass is 516 g/mol. The highest BCUT2D eigenvalue weighted by molar-refractivity contribution is 14.1. The summed E-state index contributed by atoms with van der Waals surface area (Å²) in [5.74, 6) is 0. The van der Waals surface area contributed by atoms with Crippen LogP contribution in [0.3, 0.4) is 0 Å². The zero-order chi connectivity index (χ0) is 20.5. The Morgan fingerprint density at radius 1 is 0.867 bits per heavy atom. The maximum Gasteiger partial charge on any atom is 0.326 e. The van der Waals surface area contributed by atoms with Gasteiger partial charge >= 0.3 is 5.69 Å². The average Bonchev–Trinajstić information content (AvgIpc) is 3.12. The normalized spacial score (nSPS) is 20.2. The minimum atomic E-state index is 0.0403. The van der Waals surface area contributed by atoms with Gasteiger partial charge in [-0.15, -0.1) is 0 Å². The van der Waals surface area contributed by atoms with Crippen molar-refractivity contribution in [2.24, 2.45) is 0 Å². The minimum Gasteiger partial charge on any atom is -0.306 e. The molecule has 1 aromatic heterocycles. The summed E-state index contributed by atoms with van der Waals surface area (Å²) in [4.78, 5) is 20.8. The van der Waals surface area contributed by atoms with Crippen LogP contribution in [0.25, 0.3) is 11.0 Å². The minimum absolute atomic E-state index is 0.0403. The van der Waals surface area contributed by atoms with E-state index < -0.39 is 0 Å². The number of benzene rings is 2. The lowest BCUT2D eigenvalue weighted by Gasteiger charge is -2.42. The zero-order valence-electron chi connectivity index (χ0n) is 17.3. The molecular weight excluding hydrogens is 487 g/mol. The van der Waals surface area contributed by atoms with Crippen molar-refractivity contribution in [1.29, 1.82) is 0 Å². The number of aromatic nitrogens is 2. The fourth-order valence-electron chi connectivity index (χ4n) is 5.26. The molecule has 0 aliphatic carbocycles. The Morgan fingerprint density at radius 2 is 1.53 bits per heavy atom. The van der Waals surface area contributed by atoms with Gasteiger partial charge in [0.1, 0.15) is 0 Å². The fourth-order valence-corrected chi connectivity index (χ4v) is 5.81. The third kappa shape index (κ3) is 4.09. The van der Waals surface area contributed by atoms with Crippen LogP contribution in [0, 0.1) is 3.57 Å². The molecule has 0 unspecified atom stereocenters. The topological polar surface area (TPSA) is 44.3 Å². The number of fused-ring (bicyclic) bond motifs is 1. The Morgan fingerprint density at radius 3 is 2.30 bits per heavy atom. The van der Waals surface area contributed by atoms with E-state index in [0.717, 1.165) is 43.5 Å². The van der Waals surface area contributed by atoms with Gasteiger partial charge in [-0.05, 0) is 85.1 Å². The third-order valence-corrected chi connectivity index (χ3v) is 7.97. The quantitative estimate of drug-likeness (QED) is 0.528. The van der Waals surface area contributed by atoms with Crippen molar-refractivity contribution < 1.29 is 0 Å². The molecule has 2 aliphatic rings. The zero-order valence-corrected chi connectivity index (χ0v) is 19.4. The van der Waals surface area contributed by atoms with Crippen molar-refractivity contribution in [3.05, 3.63) is 68.1 Å². The highest BCUT2D eigenvalue weighted by atomic mass is 127. The van der Waals surface area contributed by atoms with E-state index in [1.54, 1.807) is 0 Å². The van der Waals surface area contributed by atoms with Gasteiger partial charge in [-0.2, -0.15) is 0 Å². The van der Waals surface area contributed by atoms with Crippen LogP contribution in [0.15, 0.2) is 53.3 Å². The second kappa shape index (κ2) is 8.85. The maximum absolute atomic E-state index is 12.5.